The van der Waals surface area contributed by atoms with Crippen LogP contribution in [0.4, 0.5) is 5.95 Å². The highest BCUT2D eigenvalue weighted by Gasteiger charge is 2.22. The molecule has 0 saturated heterocycles. The van der Waals surface area contributed by atoms with Gasteiger partial charge < -0.3 is 15.8 Å². The van der Waals surface area contributed by atoms with E-state index in [1.54, 1.807) is 0 Å². The SMILES string of the molecule is CC(C)Oc1ccc(-c2ccnc(NC3CCC(N)CC3)n2)cc1C(C)(C)C. The summed E-state index contributed by atoms with van der Waals surface area (Å²) in [5.74, 6) is 1.63. The Morgan fingerprint density at radius 2 is 1.82 bits per heavy atom. The van der Waals surface area contributed by atoms with Crippen molar-refractivity contribution in [1.29, 1.82) is 0 Å². The second kappa shape index (κ2) is 8.48. The van der Waals surface area contributed by atoms with Crippen molar-refractivity contribution in [2.24, 2.45) is 5.73 Å². The molecule has 0 radical (unpaired) electrons. The predicted molar refractivity (Wildman–Crippen MR) is 116 cm³/mol. The van der Waals surface area contributed by atoms with Crippen LogP contribution >= 0.6 is 0 Å². The lowest BCUT2D eigenvalue weighted by atomic mass is 9.85. The number of nitrogens with one attached hydrogen (secondary N) is 1. The number of aromatic nitrogens is 2. The molecule has 0 unspecified atom stereocenters. The molecule has 2 aromatic rings. The summed E-state index contributed by atoms with van der Waals surface area (Å²) in [7, 11) is 0. The fourth-order valence-electron chi connectivity index (χ4n) is 3.67. The Kier molecular flexibility index (Phi) is 6.23. The van der Waals surface area contributed by atoms with Gasteiger partial charge in [-0.2, -0.15) is 0 Å². The van der Waals surface area contributed by atoms with E-state index in [9.17, 15) is 0 Å². The maximum absolute atomic E-state index is 6.04. The molecule has 1 aromatic carbocycles. The lowest BCUT2D eigenvalue weighted by molar-refractivity contribution is 0.236. The third-order valence-electron chi connectivity index (χ3n) is 5.21. The van der Waals surface area contributed by atoms with Crippen LogP contribution in [0.5, 0.6) is 5.75 Å². The first-order valence-corrected chi connectivity index (χ1v) is 10.4. The van der Waals surface area contributed by atoms with Gasteiger partial charge in [-0.05, 0) is 69.2 Å². The molecule has 0 bridgehead atoms. The van der Waals surface area contributed by atoms with Crippen LogP contribution in [0.3, 0.4) is 0 Å². The van der Waals surface area contributed by atoms with E-state index in [1.165, 1.54) is 5.56 Å². The van der Waals surface area contributed by atoms with Gasteiger partial charge in [0.25, 0.3) is 0 Å². The number of benzene rings is 1. The highest BCUT2D eigenvalue weighted by molar-refractivity contribution is 5.63. The molecule has 1 saturated carbocycles. The molecule has 5 nitrogen and oxygen atoms in total. The summed E-state index contributed by atoms with van der Waals surface area (Å²) in [5, 5.41) is 3.49. The quantitative estimate of drug-likeness (QED) is 0.768. The first-order chi connectivity index (χ1) is 13.2. The smallest absolute Gasteiger partial charge is 0.223 e. The molecule has 0 atom stereocenters. The lowest BCUT2D eigenvalue weighted by Crippen LogP contribution is -2.33. The Morgan fingerprint density at radius 3 is 2.46 bits per heavy atom. The van der Waals surface area contributed by atoms with Crippen LogP contribution in [0.15, 0.2) is 30.5 Å². The molecule has 1 aliphatic carbocycles. The minimum atomic E-state index is -0.0186. The standard InChI is InChI=1S/C23H34N4O/c1-15(2)28-21-11-6-16(14-19(21)23(3,4)5)20-12-13-25-22(27-20)26-18-9-7-17(24)8-10-18/h6,11-15,17-18H,7-10,24H2,1-5H3,(H,25,26,27). The van der Waals surface area contributed by atoms with Crippen LogP contribution in [0.25, 0.3) is 11.3 Å². The third kappa shape index (κ3) is 5.22. The van der Waals surface area contributed by atoms with Crippen LogP contribution in [0.1, 0.15) is 65.9 Å². The van der Waals surface area contributed by atoms with Crippen LogP contribution in [0, 0.1) is 0 Å². The van der Waals surface area contributed by atoms with Gasteiger partial charge in [-0.25, -0.2) is 9.97 Å². The zero-order valence-corrected chi connectivity index (χ0v) is 17.8. The fourth-order valence-corrected chi connectivity index (χ4v) is 3.67. The minimum Gasteiger partial charge on any atom is -0.491 e. The largest absolute Gasteiger partial charge is 0.491 e. The van der Waals surface area contributed by atoms with Crippen molar-refractivity contribution in [1.82, 2.24) is 9.97 Å². The van der Waals surface area contributed by atoms with Crippen molar-refractivity contribution in [2.45, 2.75) is 83.9 Å². The molecular weight excluding hydrogens is 348 g/mol. The summed E-state index contributed by atoms with van der Waals surface area (Å²) < 4.78 is 6.04. The number of hydrogen-bond donors (Lipinski definition) is 2. The van der Waals surface area contributed by atoms with E-state index in [1.807, 2.05) is 12.3 Å². The minimum absolute atomic E-state index is 0.0186. The molecule has 1 fully saturated rings. The lowest BCUT2D eigenvalue weighted by Gasteiger charge is -2.27. The first-order valence-electron chi connectivity index (χ1n) is 10.4. The van der Waals surface area contributed by atoms with Crippen molar-refractivity contribution < 1.29 is 4.74 Å². The predicted octanol–water partition coefficient (Wildman–Crippen LogP) is 4.91. The van der Waals surface area contributed by atoms with Crippen molar-refractivity contribution >= 4 is 5.95 Å². The van der Waals surface area contributed by atoms with Gasteiger partial charge in [-0.15, -0.1) is 0 Å². The maximum atomic E-state index is 6.04. The molecule has 28 heavy (non-hydrogen) atoms. The van der Waals surface area contributed by atoms with E-state index in [-0.39, 0.29) is 11.5 Å². The monoisotopic (exact) mass is 382 g/mol. The molecule has 1 heterocycles. The van der Waals surface area contributed by atoms with Crippen LogP contribution < -0.4 is 15.8 Å². The normalized spacial score (nSPS) is 20.2. The zero-order chi connectivity index (χ0) is 20.3. The van der Waals surface area contributed by atoms with Crippen molar-refractivity contribution in [3.05, 3.63) is 36.0 Å². The van der Waals surface area contributed by atoms with Gasteiger partial charge in [0.15, 0.2) is 0 Å². The van der Waals surface area contributed by atoms with Crippen molar-refractivity contribution in [3.63, 3.8) is 0 Å². The van der Waals surface area contributed by atoms with Gasteiger partial charge >= 0.3 is 0 Å². The summed E-state index contributed by atoms with van der Waals surface area (Å²) in [5.41, 5.74) is 9.19. The van der Waals surface area contributed by atoms with E-state index in [2.05, 4.69) is 63.1 Å². The number of ether oxygens (including phenoxy) is 1. The Labute approximate surface area is 169 Å². The van der Waals surface area contributed by atoms with Crippen LogP contribution in [0.2, 0.25) is 0 Å². The Hall–Kier alpha value is -2.14. The molecular formula is C23H34N4O. The second-order valence-corrected chi connectivity index (χ2v) is 9.15. The van der Waals surface area contributed by atoms with E-state index in [0.29, 0.717) is 18.0 Å². The average molecular weight is 383 g/mol. The number of nitrogens with two attached hydrogens (primary N) is 1. The fraction of sp³-hybridized carbons (Fsp3) is 0.565. The molecule has 0 spiro atoms. The Morgan fingerprint density at radius 1 is 1.11 bits per heavy atom. The zero-order valence-electron chi connectivity index (χ0n) is 17.8. The Bertz CT molecular complexity index is 789. The Balaban J connectivity index is 1.85. The molecule has 1 aliphatic rings. The van der Waals surface area contributed by atoms with E-state index in [0.717, 1.165) is 42.7 Å². The highest BCUT2D eigenvalue weighted by Crippen LogP contribution is 2.35. The van der Waals surface area contributed by atoms with Crippen molar-refractivity contribution in [2.75, 3.05) is 5.32 Å². The highest BCUT2D eigenvalue weighted by atomic mass is 16.5. The molecule has 5 heteroatoms. The third-order valence-corrected chi connectivity index (χ3v) is 5.21. The second-order valence-electron chi connectivity index (χ2n) is 9.15. The average Bonchev–Trinajstić information content (AvgIpc) is 2.63. The maximum Gasteiger partial charge on any atom is 0.223 e. The van der Waals surface area contributed by atoms with Gasteiger partial charge in [0.1, 0.15) is 5.75 Å². The van der Waals surface area contributed by atoms with E-state index in [4.69, 9.17) is 15.5 Å². The number of hydrogen-bond acceptors (Lipinski definition) is 5. The van der Waals surface area contributed by atoms with Gasteiger partial charge in [-0.1, -0.05) is 20.8 Å². The van der Waals surface area contributed by atoms with Crippen LogP contribution in [-0.2, 0) is 5.41 Å². The van der Waals surface area contributed by atoms with E-state index < -0.39 is 0 Å². The number of nitrogens with zero attached hydrogens (tertiary/aromatic N) is 2. The topological polar surface area (TPSA) is 73.1 Å². The van der Waals surface area contributed by atoms with Gasteiger partial charge in [0.2, 0.25) is 5.95 Å². The first kappa shape index (κ1) is 20.6. The molecule has 3 rings (SSSR count). The van der Waals surface area contributed by atoms with Crippen LogP contribution in [-0.4, -0.2) is 28.2 Å². The van der Waals surface area contributed by atoms with Gasteiger partial charge in [0, 0.05) is 29.4 Å². The number of anilines is 1. The molecule has 1 aromatic heterocycles. The van der Waals surface area contributed by atoms with Gasteiger partial charge in [-0.3, -0.25) is 0 Å². The van der Waals surface area contributed by atoms with E-state index >= 15 is 0 Å². The summed E-state index contributed by atoms with van der Waals surface area (Å²) >= 11 is 0. The molecule has 3 N–H and O–H groups in total. The van der Waals surface area contributed by atoms with Crippen molar-refractivity contribution in [3.8, 4) is 17.0 Å². The summed E-state index contributed by atoms with van der Waals surface area (Å²) in [6.45, 7) is 10.7. The van der Waals surface area contributed by atoms with Gasteiger partial charge in [0.05, 0.1) is 11.8 Å². The summed E-state index contributed by atoms with van der Waals surface area (Å²) in [6.07, 6.45) is 6.24. The summed E-state index contributed by atoms with van der Waals surface area (Å²) in [4.78, 5) is 9.20. The molecule has 152 valence electrons. The molecule has 0 amide bonds. The number of rotatable bonds is 5. The summed E-state index contributed by atoms with van der Waals surface area (Å²) in [6, 6.07) is 9.05. The molecule has 0 aliphatic heterocycles.